The Morgan fingerprint density at radius 1 is 1.13 bits per heavy atom. The van der Waals surface area contributed by atoms with E-state index in [9.17, 15) is 14.7 Å². The number of benzene rings is 2. The molecule has 0 spiro atoms. The predicted octanol–water partition coefficient (Wildman–Crippen LogP) is 3.25. The molecule has 2 aromatic carbocycles. The molecule has 0 aliphatic carbocycles. The minimum atomic E-state index is -0.823. The highest BCUT2D eigenvalue weighted by Gasteiger charge is 2.18. The van der Waals surface area contributed by atoms with Crippen LogP contribution in [0.2, 0.25) is 0 Å². The highest BCUT2D eigenvalue weighted by Crippen LogP contribution is 2.28. The maximum atomic E-state index is 12.7. The van der Waals surface area contributed by atoms with Gasteiger partial charge >= 0.3 is 5.63 Å². The number of amides is 1. The first-order chi connectivity index (χ1) is 14.6. The van der Waals surface area contributed by atoms with Crippen molar-refractivity contribution in [2.75, 3.05) is 5.32 Å². The van der Waals surface area contributed by atoms with Crippen LogP contribution in [0.5, 0.6) is 5.75 Å². The van der Waals surface area contributed by atoms with Crippen molar-refractivity contribution in [3.05, 3.63) is 100 Å². The van der Waals surface area contributed by atoms with Gasteiger partial charge in [-0.3, -0.25) is 4.79 Å². The number of hydrogen-bond acceptors (Lipinski definition) is 7. The highest BCUT2D eigenvalue weighted by atomic mass is 16.8. The fourth-order valence-corrected chi connectivity index (χ4v) is 3.28. The number of phenols is 1. The molecule has 148 valence electrons. The maximum absolute atomic E-state index is 12.7. The van der Waals surface area contributed by atoms with Crippen molar-refractivity contribution in [3.63, 3.8) is 0 Å². The molecule has 0 atom stereocenters. The number of fused-ring (bicyclic) bond motifs is 2. The van der Waals surface area contributed by atoms with E-state index in [1.807, 2.05) is 30.4 Å². The molecule has 1 amide bonds. The number of carbonyl (C=O) groups excluding carboxylic acids is 1. The van der Waals surface area contributed by atoms with Crippen LogP contribution in [0.1, 0.15) is 15.9 Å². The summed E-state index contributed by atoms with van der Waals surface area (Å²) in [6.07, 6.45) is 7.33. The van der Waals surface area contributed by atoms with E-state index < -0.39 is 11.5 Å². The molecule has 2 aliphatic rings. The summed E-state index contributed by atoms with van der Waals surface area (Å²) in [5.74, 6) is -0.754. The number of hydrogen-bond donors (Lipinski definition) is 3. The van der Waals surface area contributed by atoms with Gasteiger partial charge in [-0.2, -0.15) is 4.94 Å². The van der Waals surface area contributed by atoms with E-state index in [1.54, 1.807) is 35.7 Å². The molecular weight excluding hydrogens is 386 g/mol. The van der Waals surface area contributed by atoms with Gasteiger partial charge in [-0.15, -0.1) is 0 Å². The van der Waals surface area contributed by atoms with E-state index in [-0.39, 0.29) is 16.9 Å². The predicted molar refractivity (Wildman–Crippen MR) is 110 cm³/mol. The number of allylic oxidation sites excluding steroid dienone is 3. The van der Waals surface area contributed by atoms with Gasteiger partial charge in [0.25, 0.3) is 5.91 Å². The quantitative estimate of drug-likeness (QED) is 0.579. The molecule has 8 heteroatoms. The van der Waals surface area contributed by atoms with Gasteiger partial charge in [-0.25, -0.2) is 15.3 Å². The van der Waals surface area contributed by atoms with Gasteiger partial charge in [0.2, 0.25) is 0 Å². The lowest BCUT2D eigenvalue weighted by Crippen LogP contribution is -2.20. The normalized spacial score (nSPS) is 14.7. The number of hydroxylamine groups is 3. The minimum Gasteiger partial charge on any atom is -0.504 e. The first-order valence-electron chi connectivity index (χ1n) is 9.08. The van der Waals surface area contributed by atoms with Gasteiger partial charge in [0.15, 0.2) is 11.3 Å². The first kappa shape index (κ1) is 17.8. The Bertz CT molecular complexity index is 1340. The molecule has 0 radical (unpaired) electrons. The minimum absolute atomic E-state index is 0.0470. The third-order valence-electron chi connectivity index (χ3n) is 4.74. The average Bonchev–Trinajstić information content (AvgIpc) is 3.22. The van der Waals surface area contributed by atoms with Gasteiger partial charge < -0.3 is 14.8 Å². The lowest BCUT2D eigenvalue weighted by molar-refractivity contribution is -0.112. The number of carbonyl (C=O) groups is 1. The maximum Gasteiger partial charge on any atom is 0.349 e. The molecule has 3 aromatic rings. The van der Waals surface area contributed by atoms with E-state index in [2.05, 4.69) is 10.8 Å². The van der Waals surface area contributed by atoms with Crippen LogP contribution in [-0.2, 0) is 4.94 Å². The number of para-hydroxylation sites is 1. The molecule has 1 aromatic heterocycles. The average molecular weight is 401 g/mol. The summed E-state index contributed by atoms with van der Waals surface area (Å²) in [6.45, 7) is 0. The van der Waals surface area contributed by atoms with Crippen molar-refractivity contribution in [1.82, 2.24) is 10.5 Å². The summed E-state index contributed by atoms with van der Waals surface area (Å²) in [4.78, 5) is 30.1. The zero-order valence-electron chi connectivity index (χ0n) is 15.5. The molecule has 0 saturated heterocycles. The topological polar surface area (TPSA) is 104 Å². The zero-order valence-corrected chi connectivity index (χ0v) is 15.5. The van der Waals surface area contributed by atoms with Crippen LogP contribution < -0.4 is 16.4 Å². The van der Waals surface area contributed by atoms with Crippen LogP contribution in [-0.4, -0.2) is 16.1 Å². The zero-order chi connectivity index (χ0) is 20.7. The molecule has 0 bridgehead atoms. The molecule has 8 nitrogen and oxygen atoms in total. The Morgan fingerprint density at radius 2 is 2.00 bits per heavy atom. The van der Waals surface area contributed by atoms with E-state index in [1.165, 1.54) is 12.1 Å². The largest absolute Gasteiger partial charge is 0.504 e. The van der Waals surface area contributed by atoms with Crippen LogP contribution >= 0.6 is 0 Å². The van der Waals surface area contributed by atoms with Crippen molar-refractivity contribution in [2.24, 2.45) is 0 Å². The smallest absolute Gasteiger partial charge is 0.349 e. The Morgan fingerprint density at radius 3 is 2.90 bits per heavy atom. The lowest BCUT2D eigenvalue weighted by Gasteiger charge is -2.17. The summed E-state index contributed by atoms with van der Waals surface area (Å²) in [7, 11) is 0. The number of anilines is 1. The monoisotopic (exact) mass is 401 g/mol. The Hall–Kier alpha value is -4.30. The Kier molecular flexibility index (Phi) is 4.11. The molecular formula is C22H15N3O5. The van der Waals surface area contributed by atoms with Crippen molar-refractivity contribution in [2.45, 2.75) is 0 Å². The van der Waals surface area contributed by atoms with Gasteiger partial charge in [-0.05, 0) is 47.6 Å². The highest BCUT2D eigenvalue weighted by molar-refractivity contribution is 6.05. The first-order valence-corrected chi connectivity index (χ1v) is 9.08. The summed E-state index contributed by atoms with van der Waals surface area (Å²) >= 11 is 0. The number of rotatable bonds is 3. The van der Waals surface area contributed by atoms with Gasteiger partial charge in [0, 0.05) is 17.3 Å². The number of aromatic hydroxyl groups is 1. The summed E-state index contributed by atoms with van der Waals surface area (Å²) in [6, 6.07) is 13.3. The van der Waals surface area contributed by atoms with Crippen molar-refractivity contribution >= 4 is 28.1 Å². The van der Waals surface area contributed by atoms with Gasteiger partial charge in [0.1, 0.15) is 5.56 Å². The van der Waals surface area contributed by atoms with E-state index in [4.69, 9.17) is 9.36 Å². The van der Waals surface area contributed by atoms with Crippen LogP contribution in [0.4, 0.5) is 5.69 Å². The standard InChI is InChI=1S/C22H15N3O5/c26-19-6-2-4-15-11-18(22(28)29-20(15)19)21(27)24-16-5-1-3-13(9-16)14-7-8-25-17(10-14)12-23-30-25/h1-12,23,26H,(H,24,27). The molecule has 2 aliphatic heterocycles. The Balaban J connectivity index is 1.43. The molecule has 0 fully saturated rings. The van der Waals surface area contributed by atoms with Crippen molar-refractivity contribution in [3.8, 4) is 5.75 Å². The number of nitrogens with one attached hydrogen (secondary N) is 2. The SMILES string of the molecule is O=C(Nc1cccc(C2=CC3=CNON3C=C2)c1)c1cc2cccc(O)c2oc1=O. The van der Waals surface area contributed by atoms with E-state index in [0.717, 1.165) is 16.8 Å². The third kappa shape index (κ3) is 3.11. The second kappa shape index (κ2) is 6.94. The molecule has 3 heterocycles. The van der Waals surface area contributed by atoms with E-state index >= 15 is 0 Å². The fourth-order valence-electron chi connectivity index (χ4n) is 3.28. The summed E-state index contributed by atoms with van der Waals surface area (Å²) in [5.41, 5.74) is 4.93. The second-order valence-electron chi connectivity index (χ2n) is 6.70. The van der Waals surface area contributed by atoms with Crippen LogP contribution in [0.3, 0.4) is 0 Å². The van der Waals surface area contributed by atoms with Crippen molar-refractivity contribution < 1.29 is 19.3 Å². The summed E-state index contributed by atoms with van der Waals surface area (Å²) < 4.78 is 5.13. The van der Waals surface area contributed by atoms with Crippen LogP contribution in [0.25, 0.3) is 16.5 Å². The Labute approximate surface area is 169 Å². The van der Waals surface area contributed by atoms with Crippen molar-refractivity contribution in [1.29, 1.82) is 0 Å². The fraction of sp³-hybridized carbons (Fsp3) is 0. The molecule has 0 saturated carbocycles. The molecule has 30 heavy (non-hydrogen) atoms. The molecule has 5 rings (SSSR count). The van der Waals surface area contributed by atoms with Gasteiger partial charge in [0.05, 0.1) is 11.9 Å². The van der Waals surface area contributed by atoms with E-state index in [0.29, 0.717) is 11.1 Å². The lowest BCUT2D eigenvalue weighted by atomic mass is 10.0. The van der Waals surface area contributed by atoms with Gasteiger partial charge in [-0.1, -0.05) is 24.3 Å². The van der Waals surface area contributed by atoms with Crippen LogP contribution in [0, 0.1) is 0 Å². The summed E-state index contributed by atoms with van der Waals surface area (Å²) in [5, 5.41) is 14.6. The second-order valence-corrected chi connectivity index (χ2v) is 6.70. The third-order valence-corrected chi connectivity index (χ3v) is 4.74. The molecule has 0 unspecified atom stereocenters. The number of phenolic OH excluding ortho intramolecular Hbond substituents is 1. The number of nitrogens with zero attached hydrogens (tertiary/aromatic N) is 1. The van der Waals surface area contributed by atoms with Crippen LogP contribution in [0.15, 0.2) is 88.0 Å². The molecule has 3 N–H and O–H groups in total.